The van der Waals surface area contributed by atoms with Crippen molar-refractivity contribution in [3.8, 4) is 16.9 Å². The summed E-state index contributed by atoms with van der Waals surface area (Å²) in [6.07, 6.45) is 6.71. The molecule has 30 heavy (non-hydrogen) atoms. The highest BCUT2D eigenvalue weighted by Crippen LogP contribution is 2.32. The van der Waals surface area contributed by atoms with Crippen LogP contribution in [0.25, 0.3) is 22.2 Å². The Bertz CT molecular complexity index is 1200. The van der Waals surface area contributed by atoms with Crippen molar-refractivity contribution in [1.82, 2.24) is 15.0 Å². The van der Waals surface area contributed by atoms with Crippen LogP contribution in [0.5, 0.6) is 5.75 Å². The van der Waals surface area contributed by atoms with Gasteiger partial charge < -0.3 is 10.0 Å². The summed E-state index contributed by atoms with van der Waals surface area (Å²) in [5.41, 5.74) is 7.03. The van der Waals surface area contributed by atoms with E-state index in [4.69, 9.17) is 4.98 Å². The monoisotopic (exact) mass is 396 g/mol. The number of pyridine rings is 1. The van der Waals surface area contributed by atoms with E-state index >= 15 is 0 Å². The molecule has 5 nitrogen and oxygen atoms in total. The molecular formula is C25H24N4O. The third-order valence-electron chi connectivity index (χ3n) is 6.04. The second-order valence-electron chi connectivity index (χ2n) is 8.10. The number of nitrogens with zero attached hydrogens (tertiary/aromatic N) is 4. The van der Waals surface area contributed by atoms with E-state index in [2.05, 4.69) is 39.1 Å². The van der Waals surface area contributed by atoms with Crippen LogP contribution in [0.3, 0.4) is 0 Å². The van der Waals surface area contributed by atoms with Crippen molar-refractivity contribution in [2.75, 3.05) is 18.0 Å². The molecule has 1 fully saturated rings. The van der Waals surface area contributed by atoms with Crippen LogP contribution in [0.15, 0.2) is 61.1 Å². The quantitative estimate of drug-likeness (QED) is 0.527. The lowest BCUT2D eigenvalue weighted by Gasteiger charge is -2.18. The molecule has 150 valence electrons. The summed E-state index contributed by atoms with van der Waals surface area (Å²) in [4.78, 5) is 16.0. The molecule has 0 spiro atoms. The minimum atomic E-state index is 0.361. The predicted octanol–water partition coefficient (Wildman–Crippen LogP) is 5.01. The number of anilines is 1. The first-order valence-corrected chi connectivity index (χ1v) is 10.3. The normalized spacial score (nSPS) is 16.3. The average Bonchev–Trinajstić information content (AvgIpc) is 3.27. The molecule has 2 aromatic heterocycles. The van der Waals surface area contributed by atoms with Gasteiger partial charge in [0.2, 0.25) is 0 Å². The second kappa shape index (κ2) is 7.41. The molecule has 2 aromatic carbocycles. The average molecular weight is 396 g/mol. The van der Waals surface area contributed by atoms with Gasteiger partial charge in [-0.25, -0.2) is 4.98 Å². The van der Waals surface area contributed by atoms with E-state index in [0.717, 1.165) is 58.6 Å². The van der Waals surface area contributed by atoms with E-state index in [0.29, 0.717) is 11.7 Å². The first-order chi connectivity index (χ1) is 14.6. The van der Waals surface area contributed by atoms with Gasteiger partial charge in [0.15, 0.2) is 0 Å². The zero-order chi connectivity index (χ0) is 20.7. The summed E-state index contributed by atoms with van der Waals surface area (Å²) in [6, 6.07) is 14.4. The molecule has 0 radical (unpaired) electrons. The van der Waals surface area contributed by atoms with Gasteiger partial charge >= 0.3 is 0 Å². The number of aryl methyl sites for hydroxylation is 2. The number of hydrogen-bond donors (Lipinski definition) is 1. The number of rotatable bonds is 3. The lowest BCUT2D eigenvalue weighted by Crippen LogP contribution is -2.20. The highest BCUT2D eigenvalue weighted by atomic mass is 16.3. The molecule has 1 atom stereocenters. The predicted molar refractivity (Wildman–Crippen MR) is 120 cm³/mol. The fourth-order valence-corrected chi connectivity index (χ4v) is 4.33. The maximum atomic E-state index is 10.1. The summed E-state index contributed by atoms with van der Waals surface area (Å²) in [7, 11) is 0. The SMILES string of the molecule is Cc1cc(-c2ccc3ncc(N4CCC(c5ccncc5)C4)nc3c2)cc(C)c1O. The summed E-state index contributed by atoms with van der Waals surface area (Å²) in [5.74, 6) is 1.79. The third kappa shape index (κ3) is 3.36. The number of benzene rings is 2. The molecule has 0 amide bonds. The van der Waals surface area contributed by atoms with Gasteiger partial charge in [-0.05, 0) is 84.5 Å². The minimum absolute atomic E-state index is 0.361. The van der Waals surface area contributed by atoms with Crippen LogP contribution in [-0.2, 0) is 0 Å². The molecule has 5 heteroatoms. The van der Waals surface area contributed by atoms with Crippen molar-refractivity contribution in [3.05, 3.63) is 77.7 Å². The van der Waals surface area contributed by atoms with Gasteiger partial charge in [-0.3, -0.25) is 9.97 Å². The maximum absolute atomic E-state index is 10.1. The Labute approximate surface area is 176 Å². The number of aromatic hydroxyl groups is 1. The maximum Gasteiger partial charge on any atom is 0.147 e. The summed E-state index contributed by atoms with van der Waals surface area (Å²) in [6.45, 7) is 5.78. The van der Waals surface area contributed by atoms with Crippen LogP contribution in [-0.4, -0.2) is 33.1 Å². The highest BCUT2D eigenvalue weighted by molar-refractivity contribution is 5.82. The molecular weight excluding hydrogens is 372 g/mol. The Morgan fingerprint density at radius 1 is 0.933 bits per heavy atom. The number of phenolic OH excluding ortho intramolecular Hbond substituents is 1. The molecule has 0 bridgehead atoms. The van der Waals surface area contributed by atoms with Crippen molar-refractivity contribution in [2.45, 2.75) is 26.2 Å². The molecule has 1 aliphatic rings. The first kappa shape index (κ1) is 18.6. The van der Waals surface area contributed by atoms with Crippen LogP contribution in [0.1, 0.15) is 29.0 Å². The number of fused-ring (bicyclic) bond motifs is 1. The number of aromatic nitrogens is 3. The Kier molecular flexibility index (Phi) is 4.58. The molecule has 0 aliphatic carbocycles. The largest absolute Gasteiger partial charge is 0.507 e. The Hall–Kier alpha value is -3.47. The number of hydrogen-bond acceptors (Lipinski definition) is 5. The van der Waals surface area contributed by atoms with Gasteiger partial charge in [-0.2, -0.15) is 0 Å². The molecule has 0 saturated carbocycles. The molecule has 1 saturated heterocycles. The van der Waals surface area contributed by atoms with E-state index in [-0.39, 0.29) is 0 Å². The standard InChI is InChI=1S/C25H24N4O/c1-16-11-21(12-17(2)25(16)30)19-3-4-22-23(13-19)28-24(14-27-22)29-10-7-20(15-29)18-5-8-26-9-6-18/h3-6,8-9,11-14,20,30H,7,10,15H2,1-2H3. The summed E-state index contributed by atoms with van der Waals surface area (Å²) in [5, 5.41) is 10.1. The summed E-state index contributed by atoms with van der Waals surface area (Å²) < 4.78 is 0. The Morgan fingerprint density at radius 2 is 1.70 bits per heavy atom. The minimum Gasteiger partial charge on any atom is -0.507 e. The van der Waals surface area contributed by atoms with Gasteiger partial charge in [0.1, 0.15) is 11.6 Å². The lowest BCUT2D eigenvalue weighted by atomic mass is 9.99. The van der Waals surface area contributed by atoms with Gasteiger partial charge in [-0.15, -0.1) is 0 Å². The summed E-state index contributed by atoms with van der Waals surface area (Å²) >= 11 is 0. The number of phenols is 1. The van der Waals surface area contributed by atoms with Crippen molar-refractivity contribution in [2.24, 2.45) is 0 Å². The first-order valence-electron chi connectivity index (χ1n) is 10.3. The smallest absolute Gasteiger partial charge is 0.147 e. The van der Waals surface area contributed by atoms with E-state index in [1.807, 2.05) is 50.6 Å². The molecule has 1 N–H and O–H groups in total. The van der Waals surface area contributed by atoms with Gasteiger partial charge in [0.05, 0.1) is 17.2 Å². The van der Waals surface area contributed by atoms with E-state index < -0.39 is 0 Å². The van der Waals surface area contributed by atoms with Crippen LogP contribution in [0.2, 0.25) is 0 Å². The lowest BCUT2D eigenvalue weighted by molar-refractivity contribution is 0.467. The van der Waals surface area contributed by atoms with Crippen molar-refractivity contribution in [3.63, 3.8) is 0 Å². The Balaban J connectivity index is 1.46. The molecule has 1 unspecified atom stereocenters. The van der Waals surface area contributed by atoms with Crippen molar-refractivity contribution >= 4 is 16.9 Å². The van der Waals surface area contributed by atoms with Crippen LogP contribution in [0.4, 0.5) is 5.82 Å². The van der Waals surface area contributed by atoms with E-state index in [1.165, 1.54) is 5.56 Å². The van der Waals surface area contributed by atoms with Crippen molar-refractivity contribution < 1.29 is 5.11 Å². The third-order valence-corrected chi connectivity index (χ3v) is 6.04. The zero-order valence-corrected chi connectivity index (χ0v) is 17.2. The fraction of sp³-hybridized carbons (Fsp3) is 0.240. The fourth-order valence-electron chi connectivity index (χ4n) is 4.33. The van der Waals surface area contributed by atoms with Gasteiger partial charge in [-0.1, -0.05) is 6.07 Å². The molecule has 4 aromatic rings. The molecule has 3 heterocycles. The zero-order valence-electron chi connectivity index (χ0n) is 17.2. The van der Waals surface area contributed by atoms with Crippen molar-refractivity contribution in [1.29, 1.82) is 0 Å². The highest BCUT2D eigenvalue weighted by Gasteiger charge is 2.25. The Morgan fingerprint density at radius 3 is 2.47 bits per heavy atom. The van der Waals surface area contributed by atoms with Crippen LogP contribution in [0, 0.1) is 13.8 Å². The molecule has 5 rings (SSSR count). The van der Waals surface area contributed by atoms with Crippen LogP contribution < -0.4 is 4.90 Å². The molecule has 1 aliphatic heterocycles. The topological polar surface area (TPSA) is 62.1 Å². The van der Waals surface area contributed by atoms with Crippen LogP contribution >= 0.6 is 0 Å². The van der Waals surface area contributed by atoms with E-state index in [9.17, 15) is 5.11 Å². The second-order valence-corrected chi connectivity index (χ2v) is 8.10. The van der Waals surface area contributed by atoms with E-state index in [1.54, 1.807) is 0 Å². The van der Waals surface area contributed by atoms with Gasteiger partial charge in [0.25, 0.3) is 0 Å². The van der Waals surface area contributed by atoms with Gasteiger partial charge in [0, 0.05) is 31.4 Å².